The Kier molecular flexibility index (Phi) is 5.60. The summed E-state index contributed by atoms with van der Waals surface area (Å²) in [6.45, 7) is -0.571. The Morgan fingerprint density at radius 2 is 2.00 bits per heavy atom. The molecule has 0 aliphatic carbocycles. The zero-order chi connectivity index (χ0) is 15.1. The molecule has 1 aromatic carbocycles. The van der Waals surface area contributed by atoms with E-state index in [4.69, 9.17) is 5.11 Å². The van der Waals surface area contributed by atoms with Gasteiger partial charge in [-0.25, -0.2) is 4.79 Å². The molecule has 0 aromatic heterocycles. The normalized spacial score (nSPS) is 11.5. The molecule has 8 nitrogen and oxygen atoms in total. The van der Waals surface area contributed by atoms with Crippen LogP contribution in [0.15, 0.2) is 24.3 Å². The number of nitro benzene ring substituents is 1. The highest BCUT2D eigenvalue weighted by Gasteiger charge is 2.20. The first kappa shape index (κ1) is 15.6. The van der Waals surface area contributed by atoms with E-state index in [-0.39, 0.29) is 12.1 Å². The lowest BCUT2D eigenvalue weighted by Crippen LogP contribution is -2.44. The Morgan fingerprint density at radius 1 is 1.40 bits per heavy atom. The summed E-state index contributed by atoms with van der Waals surface area (Å²) in [4.78, 5) is 32.8. The lowest BCUT2D eigenvalue weighted by Gasteiger charge is -2.13. The minimum Gasteiger partial charge on any atom is -0.467 e. The van der Waals surface area contributed by atoms with Gasteiger partial charge in [0.1, 0.15) is 0 Å². The Morgan fingerprint density at radius 3 is 2.45 bits per heavy atom. The molecule has 1 unspecified atom stereocenters. The molecule has 0 bridgehead atoms. The number of ether oxygens (including phenoxy) is 1. The van der Waals surface area contributed by atoms with Gasteiger partial charge in [-0.1, -0.05) is 12.1 Å². The number of nitrogens with zero attached hydrogens (tertiary/aromatic N) is 1. The largest absolute Gasteiger partial charge is 0.467 e. The first-order valence-electron chi connectivity index (χ1n) is 5.69. The topological polar surface area (TPSA) is 119 Å². The molecule has 1 rings (SSSR count). The number of benzene rings is 1. The van der Waals surface area contributed by atoms with Crippen molar-refractivity contribution >= 4 is 17.6 Å². The van der Waals surface area contributed by atoms with Gasteiger partial charge in [0.15, 0.2) is 6.04 Å². The van der Waals surface area contributed by atoms with Gasteiger partial charge in [0.2, 0.25) is 5.91 Å². The van der Waals surface area contributed by atoms with Gasteiger partial charge < -0.3 is 15.2 Å². The number of methoxy groups -OCH3 is 1. The molecule has 1 atom stereocenters. The molecule has 108 valence electrons. The van der Waals surface area contributed by atoms with Crippen molar-refractivity contribution < 1.29 is 24.4 Å². The fourth-order valence-electron chi connectivity index (χ4n) is 1.49. The molecule has 0 radical (unpaired) electrons. The molecule has 0 saturated carbocycles. The van der Waals surface area contributed by atoms with Crippen molar-refractivity contribution in [2.75, 3.05) is 13.7 Å². The van der Waals surface area contributed by atoms with Crippen LogP contribution in [-0.4, -0.2) is 41.7 Å². The van der Waals surface area contributed by atoms with Crippen molar-refractivity contribution in [1.82, 2.24) is 5.32 Å². The zero-order valence-electron chi connectivity index (χ0n) is 10.7. The van der Waals surface area contributed by atoms with Crippen LogP contribution in [0.2, 0.25) is 0 Å². The molecular weight excluding hydrogens is 268 g/mol. The molecule has 0 aliphatic heterocycles. The summed E-state index contributed by atoms with van der Waals surface area (Å²) in [5.74, 6) is -1.24. The standard InChI is InChI=1S/C12H14N2O6/c1-20-12(17)10(7-15)13-11(16)6-8-2-4-9(5-3-8)14(18)19/h2-5,10,15H,6-7H2,1H3,(H,13,16). The number of carbonyl (C=O) groups excluding carboxylic acids is 2. The fourth-order valence-corrected chi connectivity index (χ4v) is 1.49. The molecule has 0 spiro atoms. The molecule has 0 fully saturated rings. The third kappa shape index (κ3) is 4.32. The van der Waals surface area contributed by atoms with Crippen LogP contribution in [0.4, 0.5) is 5.69 Å². The van der Waals surface area contributed by atoms with Crippen LogP contribution in [0, 0.1) is 10.1 Å². The van der Waals surface area contributed by atoms with E-state index in [1.165, 1.54) is 24.3 Å². The Bertz CT molecular complexity index is 499. The maximum absolute atomic E-state index is 11.7. The number of carbonyl (C=O) groups is 2. The number of nitro groups is 1. The summed E-state index contributed by atoms with van der Waals surface area (Å²) >= 11 is 0. The number of non-ortho nitro benzene ring substituents is 1. The van der Waals surface area contributed by atoms with Gasteiger partial charge in [0.25, 0.3) is 5.69 Å². The fraction of sp³-hybridized carbons (Fsp3) is 0.333. The minimum atomic E-state index is -1.12. The van der Waals surface area contributed by atoms with E-state index in [9.17, 15) is 19.7 Å². The number of hydrogen-bond acceptors (Lipinski definition) is 6. The smallest absolute Gasteiger partial charge is 0.330 e. The molecular formula is C12H14N2O6. The van der Waals surface area contributed by atoms with E-state index in [1.807, 2.05) is 0 Å². The van der Waals surface area contributed by atoms with Crippen LogP contribution in [0.5, 0.6) is 0 Å². The molecule has 0 heterocycles. The first-order chi connectivity index (χ1) is 9.47. The highest BCUT2D eigenvalue weighted by molar-refractivity contribution is 5.85. The van der Waals surface area contributed by atoms with Gasteiger partial charge >= 0.3 is 5.97 Å². The lowest BCUT2D eigenvalue weighted by molar-refractivity contribution is -0.384. The van der Waals surface area contributed by atoms with Gasteiger partial charge in [-0.3, -0.25) is 14.9 Å². The summed E-state index contributed by atoms with van der Waals surface area (Å²) < 4.78 is 4.41. The van der Waals surface area contributed by atoms with Gasteiger partial charge in [0.05, 0.1) is 25.1 Å². The van der Waals surface area contributed by atoms with E-state index in [1.54, 1.807) is 0 Å². The molecule has 0 aliphatic rings. The molecule has 1 aromatic rings. The number of amides is 1. The highest BCUT2D eigenvalue weighted by Crippen LogP contribution is 2.12. The van der Waals surface area contributed by atoms with E-state index in [2.05, 4.69) is 10.1 Å². The van der Waals surface area contributed by atoms with E-state index in [0.29, 0.717) is 5.56 Å². The predicted molar refractivity (Wildman–Crippen MR) is 67.8 cm³/mol. The third-order valence-electron chi connectivity index (χ3n) is 2.52. The lowest BCUT2D eigenvalue weighted by atomic mass is 10.1. The Hall–Kier alpha value is -2.48. The Balaban J connectivity index is 2.61. The van der Waals surface area contributed by atoms with Crippen molar-refractivity contribution in [3.8, 4) is 0 Å². The summed E-state index contributed by atoms with van der Waals surface area (Å²) in [6.07, 6.45) is -0.0640. The second-order valence-electron chi connectivity index (χ2n) is 3.93. The summed E-state index contributed by atoms with van der Waals surface area (Å²) in [7, 11) is 1.15. The zero-order valence-corrected chi connectivity index (χ0v) is 10.7. The van der Waals surface area contributed by atoms with Crippen LogP contribution in [0.25, 0.3) is 0 Å². The molecule has 0 saturated heterocycles. The Labute approximate surface area is 114 Å². The average Bonchev–Trinajstić information content (AvgIpc) is 2.44. The van der Waals surface area contributed by atoms with E-state index in [0.717, 1.165) is 7.11 Å². The number of rotatable bonds is 6. The van der Waals surface area contributed by atoms with Crippen LogP contribution < -0.4 is 5.32 Å². The van der Waals surface area contributed by atoms with Crippen LogP contribution in [0.1, 0.15) is 5.56 Å². The second-order valence-corrected chi connectivity index (χ2v) is 3.93. The van der Waals surface area contributed by atoms with Crippen LogP contribution in [0.3, 0.4) is 0 Å². The third-order valence-corrected chi connectivity index (χ3v) is 2.52. The molecule has 20 heavy (non-hydrogen) atoms. The monoisotopic (exact) mass is 282 g/mol. The van der Waals surface area contributed by atoms with Crippen molar-refractivity contribution in [1.29, 1.82) is 0 Å². The molecule has 8 heteroatoms. The SMILES string of the molecule is COC(=O)C(CO)NC(=O)Cc1ccc([N+](=O)[O-])cc1. The van der Waals surface area contributed by atoms with Crippen molar-refractivity contribution in [3.63, 3.8) is 0 Å². The maximum atomic E-state index is 11.7. The second kappa shape index (κ2) is 7.19. The van der Waals surface area contributed by atoms with E-state index < -0.39 is 29.4 Å². The quantitative estimate of drug-likeness (QED) is 0.423. The first-order valence-corrected chi connectivity index (χ1v) is 5.69. The van der Waals surface area contributed by atoms with Crippen molar-refractivity contribution in [3.05, 3.63) is 39.9 Å². The minimum absolute atomic E-state index is 0.0640. The highest BCUT2D eigenvalue weighted by atomic mass is 16.6. The summed E-state index contributed by atoms with van der Waals surface area (Å²) in [5, 5.41) is 21.7. The van der Waals surface area contributed by atoms with Crippen molar-refractivity contribution in [2.24, 2.45) is 0 Å². The number of esters is 1. The van der Waals surface area contributed by atoms with Gasteiger partial charge in [-0.15, -0.1) is 0 Å². The maximum Gasteiger partial charge on any atom is 0.330 e. The van der Waals surface area contributed by atoms with Crippen molar-refractivity contribution in [2.45, 2.75) is 12.5 Å². The van der Waals surface area contributed by atoms with Gasteiger partial charge in [-0.2, -0.15) is 0 Å². The van der Waals surface area contributed by atoms with Crippen LogP contribution >= 0.6 is 0 Å². The number of nitrogens with one attached hydrogen (secondary N) is 1. The summed E-state index contributed by atoms with van der Waals surface area (Å²) in [5.41, 5.74) is 0.478. The predicted octanol–water partition coefficient (Wildman–Crippen LogP) is -0.213. The van der Waals surface area contributed by atoms with Crippen LogP contribution in [-0.2, 0) is 20.7 Å². The number of aliphatic hydroxyl groups excluding tert-OH is 1. The average molecular weight is 282 g/mol. The molecule has 1 amide bonds. The number of hydrogen-bond donors (Lipinski definition) is 2. The van der Waals surface area contributed by atoms with Gasteiger partial charge in [-0.05, 0) is 5.56 Å². The number of aliphatic hydroxyl groups is 1. The molecule has 2 N–H and O–H groups in total. The van der Waals surface area contributed by atoms with E-state index >= 15 is 0 Å². The summed E-state index contributed by atoms with van der Waals surface area (Å²) in [6, 6.07) is 4.34. The van der Waals surface area contributed by atoms with Gasteiger partial charge in [0, 0.05) is 12.1 Å².